The van der Waals surface area contributed by atoms with Crippen LogP contribution in [0.2, 0.25) is 0 Å². The number of amides is 1. The SMILES string of the molecule is CC(=O)O[C@H]1C(=O)[C@@]2(C)[C@H]([C@H](O)[C@]3(O)C[C@H](OC(=O)[C@H](O)[C@@H](NC(=O)c4ccccc4)c4ccccc4)C(C)=C1C3(C)C)[C@](O)(COC(=O)c1ccccc1)[C@H](OC(C)=O)C[C@@H]2O. The number of aliphatic hydroxyl groups is 5. The summed E-state index contributed by atoms with van der Waals surface area (Å²) < 4.78 is 22.8. The summed E-state index contributed by atoms with van der Waals surface area (Å²) in [4.78, 5) is 81.6. The Kier molecular flexibility index (Phi) is 13.2. The smallest absolute Gasteiger partial charge is 0.338 e. The molecular formula is C47H53NO15. The average molecular weight is 872 g/mol. The van der Waals surface area contributed by atoms with E-state index < -0.39 is 126 Å². The van der Waals surface area contributed by atoms with Crippen LogP contribution in [0.4, 0.5) is 0 Å². The highest BCUT2D eigenvalue weighted by Gasteiger charge is 2.74. The van der Waals surface area contributed by atoms with Gasteiger partial charge in [0.15, 0.2) is 18.0 Å². The minimum Gasteiger partial charge on any atom is -0.459 e. The molecular weight excluding hydrogens is 819 g/mol. The van der Waals surface area contributed by atoms with E-state index in [0.29, 0.717) is 5.56 Å². The molecule has 336 valence electrons. The quantitative estimate of drug-likeness (QED) is 0.0921. The topological polar surface area (TPSA) is 253 Å². The summed E-state index contributed by atoms with van der Waals surface area (Å²) >= 11 is 0. The van der Waals surface area contributed by atoms with E-state index in [9.17, 15) is 49.5 Å². The Morgan fingerprint density at radius 2 is 1.33 bits per heavy atom. The highest BCUT2D eigenvalue weighted by Crippen LogP contribution is 2.61. The highest BCUT2D eigenvalue weighted by atomic mass is 16.6. The van der Waals surface area contributed by atoms with Gasteiger partial charge in [-0.25, -0.2) is 9.59 Å². The zero-order valence-corrected chi connectivity index (χ0v) is 35.7. The Bertz CT molecular complexity index is 2260. The molecule has 6 N–H and O–H groups in total. The molecule has 0 radical (unpaired) electrons. The van der Waals surface area contributed by atoms with Crippen molar-refractivity contribution in [3.05, 3.63) is 119 Å². The zero-order valence-electron chi connectivity index (χ0n) is 35.7. The fraction of sp³-hybridized carbons (Fsp3) is 0.447. The molecule has 3 aliphatic carbocycles. The van der Waals surface area contributed by atoms with Gasteiger partial charge in [-0.15, -0.1) is 0 Å². The monoisotopic (exact) mass is 871 g/mol. The van der Waals surface area contributed by atoms with Crippen molar-refractivity contribution in [1.29, 1.82) is 0 Å². The normalized spacial score (nSPS) is 30.9. The van der Waals surface area contributed by atoms with Crippen molar-refractivity contribution in [2.75, 3.05) is 6.61 Å². The van der Waals surface area contributed by atoms with Crippen LogP contribution in [0.3, 0.4) is 0 Å². The first-order valence-corrected chi connectivity index (χ1v) is 20.5. The van der Waals surface area contributed by atoms with Crippen LogP contribution in [0.15, 0.2) is 102 Å². The van der Waals surface area contributed by atoms with Crippen molar-refractivity contribution in [1.82, 2.24) is 5.32 Å². The molecule has 0 spiro atoms. The predicted molar refractivity (Wildman–Crippen MR) is 221 cm³/mol. The molecule has 16 nitrogen and oxygen atoms in total. The van der Waals surface area contributed by atoms with Crippen LogP contribution < -0.4 is 5.32 Å². The predicted octanol–water partition coefficient (Wildman–Crippen LogP) is 2.69. The number of fused-ring (bicyclic) bond motifs is 3. The van der Waals surface area contributed by atoms with Crippen LogP contribution in [-0.4, -0.2) is 116 Å². The van der Waals surface area contributed by atoms with Gasteiger partial charge in [0.1, 0.15) is 30.0 Å². The lowest BCUT2D eigenvalue weighted by molar-refractivity contribution is -0.288. The van der Waals surface area contributed by atoms with Crippen molar-refractivity contribution < 1.29 is 73.2 Å². The molecule has 2 fully saturated rings. The van der Waals surface area contributed by atoms with Gasteiger partial charge < -0.3 is 49.8 Å². The number of carbonyl (C=O) groups is 6. The number of ketones is 1. The van der Waals surface area contributed by atoms with E-state index in [1.165, 1.54) is 52.0 Å². The van der Waals surface area contributed by atoms with Gasteiger partial charge in [0.25, 0.3) is 5.91 Å². The van der Waals surface area contributed by atoms with E-state index in [0.717, 1.165) is 13.8 Å². The molecule has 3 aliphatic rings. The van der Waals surface area contributed by atoms with E-state index in [4.69, 9.17) is 18.9 Å². The van der Waals surface area contributed by atoms with Crippen LogP contribution in [0.1, 0.15) is 86.7 Å². The van der Waals surface area contributed by atoms with Crippen molar-refractivity contribution in [2.45, 2.75) is 108 Å². The van der Waals surface area contributed by atoms with Crippen LogP contribution in [0, 0.1) is 16.7 Å². The molecule has 63 heavy (non-hydrogen) atoms. The molecule has 0 aliphatic heterocycles. The van der Waals surface area contributed by atoms with Gasteiger partial charge in [-0.05, 0) is 54.8 Å². The molecule has 0 aromatic heterocycles. The summed E-state index contributed by atoms with van der Waals surface area (Å²) in [6.45, 7) is 6.55. The minimum absolute atomic E-state index is 0.0613. The third-order valence-corrected chi connectivity index (χ3v) is 13.2. The average Bonchev–Trinajstić information content (AvgIpc) is 3.25. The maximum absolute atomic E-state index is 15.3. The van der Waals surface area contributed by atoms with Gasteiger partial charge in [0, 0.05) is 43.6 Å². The molecule has 0 saturated heterocycles. The molecule has 2 bridgehead atoms. The Balaban J connectivity index is 1.46. The van der Waals surface area contributed by atoms with Crippen molar-refractivity contribution in [3.63, 3.8) is 0 Å². The maximum atomic E-state index is 15.3. The number of carbonyl (C=O) groups excluding carboxylic acids is 6. The van der Waals surface area contributed by atoms with Gasteiger partial charge >= 0.3 is 23.9 Å². The molecule has 3 aromatic rings. The van der Waals surface area contributed by atoms with Crippen molar-refractivity contribution >= 4 is 35.6 Å². The van der Waals surface area contributed by atoms with Gasteiger partial charge in [-0.2, -0.15) is 0 Å². The summed E-state index contributed by atoms with van der Waals surface area (Å²) in [5.41, 5.74) is -8.82. The number of Topliss-reactive ketones (excluding diaryl/α,β-unsaturated/α-hetero) is 1. The van der Waals surface area contributed by atoms with E-state index in [1.54, 1.807) is 66.7 Å². The number of rotatable bonds is 11. The first-order valence-electron chi connectivity index (χ1n) is 20.5. The largest absolute Gasteiger partial charge is 0.459 e. The lowest BCUT2D eigenvalue weighted by atomic mass is 9.45. The van der Waals surface area contributed by atoms with Crippen molar-refractivity contribution in [2.24, 2.45) is 16.7 Å². The number of aliphatic hydroxyl groups excluding tert-OH is 3. The van der Waals surface area contributed by atoms with Gasteiger partial charge in [0.05, 0.1) is 29.2 Å². The first kappa shape index (κ1) is 46.7. The third-order valence-electron chi connectivity index (χ3n) is 13.2. The molecule has 3 aromatic carbocycles. The Morgan fingerprint density at radius 3 is 1.89 bits per heavy atom. The lowest BCUT2D eigenvalue weighted by Crippen LogP contribution is -2.78. The summed E-state index contributed by atoms with van der Waals surface area (Å²) in [5.74, 6) is -7.88. The standard InChI is InChI=1S/C47H53NO15/c1-25-31(63-43(57)36(52)35(28-16-10-7-11-17-28)48-41(55)29-18-12-8-13-19-29)23-47(59)40(54)38-45(6,39(53)37(62-27(3)50)34(25)44(47,4)5)32(51)22-33(61-26(2)49)46(38,58)24-60-42(56)30-20-14-9-15-21-30/h7-21,31-33,35-38,40,51-52,54,58-59H,22-24H2,1-6H3,(H,48,55)/t31-,32-,33+,35-,36+,37+,38-,40-,45+,46-,47+/m0/s1. The Hall–Kier alpha value is -5.78. The van der Waals surface area contributed by atoms with Crippen LogP contribution in [0.5, 0.6) is 0 Å². The molecule has 16 heteroatoms. The number of nitrogens with one attached hydrogen (secondary N) is 1. The second-order valence-electron chi connectivity index (χ2n) is 17.3. The fourth-order valence-corrected chi connectivity index (χ4v) is 9.75. The van der Waals surface area contributed by atoms with E-state index in [1.807, 2.05) is 0 Å². The van der Waals surface area contributed by atoms with E-state index >= 15 is 4.79 Å². The molecule has 0 heterocycles. The first-order chi connectivity index (χ1) is 29.6. The second-order valence-corrected chi connectivity index (χ2v) is 17.3. The number of ether oxygens (including phenoxy) is 4. The highest BCUT2D eigenvalue weighted by molar-refractivity contribution is 5.96. The zero-order chi connectivity index (χ0) is 46.2. The number of benzene rings is 3. The number of hydrogen-bond acceptors (Lipinski definition) is 15. The molecule has 1 amide bonds. The van der Waals surface area contributed by atoms with Crippen LogP contribution in [0.25, 0.3) is 0 Å². The van der Waals surface area contributed by atoms with Gasteiger partial charge in [-0.3, -0.25) is 19.2 Å². The summed E-state index contributed by atoms with van der Waals surface area (Å²) in [6.07, 6.45) is -12.8. The summed E-state index contributed by atoms with van der Waals surface area (Å²) in [7, 11) is 0. The maximum Gasteiger partial charge on any atom is 0.338 e. The Morgan fingerprint density at radius 1 is 0.794 bits per heavy atom. The van der Waals surface area contributed by atoms with Gasteiger partial charge in [-0.1, -0.05) is 80.6 Å². The molecule has 2 saturated carbocycles. The van der Waals surface area contributed by atoms with Crippen LogP contribution in [-0.2, 0) is 38.1 Å². The number of esters is 4. The van der Waals surface area contributed by atoms with Gasteiger partial charge in [0.2, 0.25) is 0 Å². The molecule has 0 unspecified atom stereocenters. The van der Waals surface area contributed by atoms with E-state index in [-0.39, 0.29) is 22.3 Å². The van der Waals surface area contributed by atoms with E-state index in [2.05, 4.69) is 5.32 Å². The number of hydrogen-bond donors (Lipinski definition) is 6. The lowest BCUT2D eigenvalue weighted by Gasteiger charge is -2.63. The Labute approximate surface area is 363 Å². The second kappa shape index (κ2) is 17.8. The minimum atomic E-state index is -2.73. The fourth-order valence-electron chi connectivity index (χ4n) is 9.75. The van der Waals surface area contributed by atoms with Crippen LogP contribution >= 0.6 is 0 Å². The third kappa shape index (κ3) is 8.41. The summed E-state index contributed by atoms with van der Waals surface area (Å²) in [5, 5.41) is 65.2. The van der Waals surface area contributed by atoms with Crippen molar-refractivity contribution in [3.8, 4) is 0 Å². The molecule has 11 atom stereocenters. The summed E-state index contributed by atoms with van der Waals surface area (Å²) in [6, 6.07) is 22.4. The molecule has 6 rings (SSSR count).